The molecule has 0 saturated carbocycles. The number of rotatable bonds is 3. The molecule has 2 aromatic carbocycles. The summed E-state index contributed by atoms with van der Waals surface area (Å²) in [5.41, 5.74) is 3.49. The van der Waals surface area contributed by atoms with Gasteiger partial charge in [0.15, 0.2) is 0 Å². The maximum atomic E-state index is 11.7. The van der Waals surface area contributed by atoms with Crippen LogP contribution in [0.1, 0.15) is 5.56 Å². The monoisotopic (exact) mass is 423 g/mol. The molecule has 0 radical (unpaired) electrons. The lowest BCUT2D eigenvalue weighted by atomic mass is 10.2. The van der Waals surface area contributed by atoms with Gasteiger partial charge >= 0.3 is 11.8 Å². The fraction of sp³-hybridized carbons (Fsp3) is 0. The number of hydrazone groups is 1. The van der Waals surface area contributed by atoms with E-state index in [0.717, 1.165) is 10.0 Å². The van der Waals surface area contributed by atoms with Gasteiger partial charge in [-0.2, -0.15) is 5.10 Å². The molecule has 0 aliphatic carbocycles. The van der Waals surface area contributed by atoms with Gasteiger partial charge in [-0.15, -0.1) is 0 Å². The summed E-state index contributed by atoms with van der Waals surface area (Å²) in [6.07, 6.45) is 1.45. The van der Waals surface area contributed by atoms with Crippen LogP contribution in [0.2, 0.25) is 0 Å². The molecular formula is C15H11Br2N3O2. The normalized spacial score (nSPS) is 10.5. The topological polar surface area (TPSA) is 70.6 Å². The molecule has 2 rings (SSSR count). The van der Waals surface area contributed by atoms with Crippen LogP contribution in [0.15, 0.2) is 62.6 Å². The zero-order chi connectivity index (χ0) is 15.9. The third-order valence-electron chi connectivity index (χ3n) is 2.58. The molecule has 0 aromatic heterocycles. The third kappa shape index (κ3) is 4.78. The zero-order valence-electron chi connectivity index (χ0n) is 11.2. The molecule has 0 unspecified atom stereocenters. The molecule has 2 amide bonds. The number of anilines is 1. The molecule has 5 nitrogen and oxygen atoms in total. The van der Waals surface area contributed by atoms with Crippen molar-refractivity contribution in [2.45, 2.75) is 0 Å². The number of para-hydroxylation sites is 1. The average Bonchev–Trinajstić information content (AvgIpc) is 2.51. The number of hydrogen-bond donors (Lipinski definition) is 2. The summed E-state index contributed by atoms with van der Waals surface area (Å²) in [5, 5.41) is 6.23. The Bertz CT molecular complexity index is 715. The predicted octanol–water partition coefficient (Wildman–Crippen LogP) is 3.30. The van der Waals surface area contributed by atoms with Crippen LogP contribution in [0, 0.1) is 0 Å². The van der Waals surface area contributed by atoms with Gasteiger partial charge in [-0.05, 0) is 45.8 Å². The Labute approximate surface area is 144 Å². The molecule has 0 aliphatic heterocycles. The number of hydrogen-bond acceptors (Lipinski definition) is 3. The second kappa shape index (κ2) is 7.86. The quantitative estimate of drug-likeness (QED) is 0.450. The van der Waals surface area contributed by atoms with Crippen molar-refractivity contribution >= 4 is 55.6 Å². The van der Waals surface area contributed by atoms with Crippen LogP contribution in [0.3, 0.4) is 0 Å². The number of nitrogens with one attached hydrogen (secondary N) is 2. The van der Waals surface area contributed by atoms with Crippen LogP contribution in [-0.2, 0) is 9.59 Å². The molecule has 0 atom stereocenters. The van der Waals surface area contributed by atoms with E-state index in [1.54, 1.807) is 18.2 Å². The fourth-order valence-corrected chi connectivity index (χ4v) is 2.15. The van der Waals surface area contributed by atoms with E-state index in [2.05, 4.69) is 47.7 Å². The van der Waals surface area contributed by atoms with E-state index in [-0.39, 0.29) is 0 Å². The Balaban J connectivity index is 1.90. The van der Waals surface area contributed by atoms with Crippen molar-refractivity contribution < 1.29 is 9.59 Å². The van der Waals surface area contributed by atoms with Crippen LogP contribution in [0.5, 0.6) is 0 Å². The average molecular weight is 425 g/mol. The van der Waals surface area contributed by atoms with Crippen LogP contribution >= 0.6 is 31.9 Å². The Hall–Kier alpha value is -1.99. The Kier molecular flexibility index (Phi) is 5.85. The maximum absolute atomic E-state index is 11.7. The zero-order valence-corrected chi connectivity index (χ0v) is 14.4. The molecular weight excluding hydrogens is 414 g/mol. The highest BCUT2D eigenvalue weighted by Crippen LogP contribution is 2.20. The summed E-state index contributed by atoms with van der Waals surface area (Å²) in [4.78, 5) is 23.4. The highest BCUT2D eigenvalue weighted by Gasteiger charge is 2.13. The number of nitrogens with zero attached hydrogens (tertiary/aromatic N) is 1. The first-order chi connectivity index (χ1) is 10.6. The number of carbonyl (C=O) groups is 2. The van der Waals surface area contributed by atoms with Crippen molar-refractivity contribution in [2.75, 3.05) is 5.32 Å². The van der Waals surface area contributed by atoms with Gasteiger partial charge in [0.2, 0.25) is 0 Å². The molecule has 22 heavy (non-hydrogen) atoms. The van der Waals surface area contributed by atoms with Crippen LogP contribution in [0.25, 0.3) is 0 Å². The molecule has 0 aliphatic rings. The lowest BCUT2D eigenvalue weighted by Gasteiger charge is -2.05. The van der Waals surface area contributed by atoms with Gasteiger partial charge in [0, 0.05) is 8.95 Å². The number of halogens is 2. The van der Waals surface area contributed by atoms with Crippen molar-refractivity contribution in [3.63, 3.8) is 0 Å². The minimum Gasteiger partial charge on any atom is -0.317 e. The van der Waals surface area contributed by atoms with Crippen molar-refractivity contribution in [1.82, 2.24) is 5.43 Å². The smallest absolute Gasteiger partial charge is 0.317 e. The van der Waals surface area contributed by atoms with E-state index in [1.165, 1.54) is 6.21 Å². The number of amides is 2. The van der Waals surface area contributed by atoms with Crippen molar-refractivity contribution in [1.29, 1.82) is 0 Å². The summed E-state index contributed by atoms with van der Waals surface area (Å²) < 4.78 is 1.64. The first-order valence-corrected chi connectivity index (χ1v) is 7.79. The Morgan fingerprint density at radius 1 is 0.955 bits per heavy atom. The van der Waals surface area contributed by atoms with E-state index >= 15 is 0 Å². The highest BCUT2D eigenvalue weighted by molar-refractivity contribution is 9.10. The molecule has 2 N–H and O–H groups in total. The summed E-state index contributed by atoms with van der Waals surface area (Å²) in [6.45, 7) is 0. The van der Waals surface area contributed by atoms with E-state index in [9.17, 15) is 9.59 Å². The summed E-state index contributed by atoms with van der Waals surface area (Å²) in [6, 6.07) is 14.3. The lowest BCUT2D eigenvalue weighted by molar-refractivity contribution is -0.136. The van der Waals surface area contributed by atoms with E-state index in [4.69, 9.17) is 0 Å². The first kappa shape index (κ1) is 16.4. The molecule has 0 bridgehead atoms. The van der Waals surface area contributed by atoms with Gasteiger partial charge < -0.3 is 5.32 Å². The van der Waals surface area contributed by atoms with E-state index in [1.807, 2.05) is 30.3 Å². The Morgan fingerprint density at radius 3 is 2.32 bits per heavy atom. The largest absolute Gasteiger partial charge is 0.329 e. The second-order valence-electron chi connectivity index (χ2n) is 4.18. The maximum Gasteiger partial charge on any atom is 0.329 e. The molecule has 7 heteroatoms. The molecule has 0 spiro atoms. The van der Waals surface area contributed by atoms with Gasteiger partial charge in [-0.3, -0.25) is 9.59 Å². The summed E-state index contributed by atoms with van der Waals surface area (Å²) in [7, 11) is 0. The third-order valence-corrected chi connectivity index (χ3v) is 3.80. The highest BCUT2D eigenvalue weighted by atomic mass is 79.9. The fourth-order valence-electron chi connectivity index (χ4n) is 1.51. The van der Waals surface area contributed by atoms with Gasteiger partial charge in [-0.1, -0.05) is 40.2 Å². The van der Waals surface area contributed by atoms with Crippen molar-refractivity contribution in [3.05, 3.63) is 63.0 Å². The lowest BCUT2D eigenvalue weighted by Crippen LogP contribution is -2.32. The number of carbonyl (C=O) groups excluding carboxylic acids is 2. The first-order valence-electron chi connectivity index (χ1n) is 6.21. The SMILES string of the molecule is O=C(N/N=C\c1ccc(Br)cc1)C(=O)Nc1ccccc1Br. The van der Waals surface area contributed by atoms with Crippen LogP contribution < -0.4 is 10.7 Å². The minimum absolute atomic E-state index is 0.513. The standard InChI is InChI=1S/C15H11Br2N3O2/c16-11-7-5-10(6-8-11)9-18-20-15(22)14(21)19-13-4-2-1-3-12(13)17/h1-9H,(H,19,21)(H,20,22)/b18-9-. The second-order valence-corrected chi connectivity index (χ2v) is 5.95. The molecule has 112 valence electrons. The van der Waals surface area contributed by atoms with Crippen molar-refractivity contribution in [3.8, 4) is 0 Å². The van der Waals surface area contributed by atoms with Crippen LogP contribution in [0.4, 0.5) is 5.69 Å². The molecule has 0 saturated heterocycles. The molecule has 0 fully saturated rings. The molecule has 2 aromatic rings. The molecule has 0 heterocycles. The minimum atomic E-state index is -0.843. The Morgan fingerprint density at radius 2 is 1.64 bits per heavy atom. The summed E-state index contributed by atoms with van der Waals surface area (Å²) in [5.74, 6) is -1.64. The predicted molar refractivity (Wildman–Crippen MR) is 92.7 cm³/mol. The van der Waals surface area contributed by atoms with Crippen LogP contribution in [-0.4, -0.2) is 18.0 Å². The van der Waals surface area contributed by atoms with E-state index in [0.29, 0.717) is 10.2 Å². The van der Waals surface area contributed by atoms with Crippen molar-refractivity contribution in [2.24, 2.45) is 5.10 Å². The van der Waals surface area contributed by atoms with Gasteiger partial charge in [0.05, 0.1) is 11.9 Å². The van der Waals surface area contributed by atoms with E-state index < -0.39 is 11.8 Å². The van der Waals surface area contributed by atoms with Gasteiger partial charge in [-0.25, -0.2) is 5.43 Å². The van der Waals surface area contributed by atoms with Gasteiger partial charge in [0.1, 0.15) is 0 Å². The summed E-state index contributed by atoms with van der Waals surface area (Å²) >= 11 is 6.61. The van der Waals surface area contributed by atoms with Gasteiger partial charge in [0.25, 0.3) is 0 Å². The number of benzene rings is 2.